The van der Waals surface area contributed by atoms with Crippen molar-refractivity contribution in [3.8, 4) is 5.88 Å². The summed E-state index contributed by atoms with van der Waals surface area (Å²) < 4.78 is 27.0. The standard InChI is InChI=1S/C30H52N4O5S/c1-7-9-10-14-21-37-28-27(32-40-33-28)24-17-15-20-34(6,22-24)23-25(16-8-2)38-29(36)31-19-13-11-12-18-26(35)39-30(3,4)5/h17,25H,7-16,18-23H2,1-6H3/p+1. The Kier molecular flexibility index (Phi) is 14.9. The minimum Gasteiger partial charge on any atom is -0.475 e. The monoisotopic (exact) mass is 581 g/mol. The second kappa shape index (κ2) is 17.6. The third-order valence-corrected chi connectivity index (χ3v) is 7.40. The molecule has 228 valence electrons. The second-order valence-corrected chi connectivity index (χ2v) is 12.7. The number of likely N-dealkylation sites (N-methyl/N-ethyl adjacent to an activating group) is 1. The molecule has 0 saturated heterocycles. The number of nitrogens with zero attached hydrogens (tertiary/aromatic N) is 3. The molecule has 2 rings (SSSR count). The van der Waals surface area contributed by atoms with E-state index in [-0.39, 0.29) is 18.2 Å². The third-order valence-electron chi connectivity index (χ3n) is 6.89. The van der Waals surface area contributed by atoms with Gasteiger partial charge < -0.3 is 24.0 Å². The van der Waals surface area contributed by atoms with E-state index in [9.17, 15) is 9.59 Å². The Morgan fingerprint density at radius 1 is 1.07 bits per heavy atom. The number of carbonyl (C=O) groups excluding carboxylic acids is 2. The number of carbonyl (C=O) groups is 2. The van der Waals surface area contributed by atoms with Crippen molar-refractivity contribution in [2.24, 2.45) is 0 Å². The molecule has 0 radical (unpaired) electrons. The molecule has 0 bridgehead atoms. The predicted molar refractivity (Wildman–Crippen MR) is 160 cm³/mol. The number of hydrogen-bond acceptors (Lipinski definition) is 8. The molecule has 0 saturated carbocycles. The molecule has 1 N–H and O–H groups in total. The van der Waals surface area contributed by atoms with Gasteiger partial charge in [-0.3, -0.25) is 4.79 Å². The van der Waals surface area contributed by atoms with Gasteiger partial charge in [0.2, 0.25) is 0 Å². The van der Waals surface area contributed by atoms with Gasteiger partial charge in [0.1, 0.15) is 24.4 Å². The molecule has 0 aromatic carbocycles. The van der Waals surface area contributed by atoms with Crippen LogP contribution in [0.1, 0.15) is 111 Å². The van der Waals surface area contributed by atoms with Crippen molar-refractivity contribution >= 4 is 29.4 Å². The van der Waals surface area contributed by atoms with Crippen LogP contribution in [0.4, 0.5) is 4.79 Å². The number of hydrogen-bond donors (Lipinski definition) is 1. The zero-order valence-corrected chi connectivity index (χ0v) is 26.6. The molecule has 2 heterocycles. The molecular weight excluding hydrogens is 528 g/mol. The fourth-order valence-corrected chi connectivity index (χ4v) is 5.48. The summed E-state index contributed by atoms with van der Waals surface area (Å²) >= 11 is 1.20. The molecule has 1 aromatic rings. The second-order valence-electron chi connectivity index (χ2n) is 12.2. The highest BCUT2D eigenvalue weighted by molar-refractivity contribution is 6.99. The van der Waals surface area contributed by atoms with Crippen LogP contribution in [0.15, 0.2) is 6.08 Å². The highest BCUT2D eigenvalue weighted by atomic mass is 32.1. The molecule has 2 atom stereocenters. The van der Waals surface area contributed by atoms with Crippen LogP contribution >= 0.6 is 11.7 Å². The van der Waals surface area contributed by atoms with Crippen LogP contribution in [0.5, 0.6) is 5.88 Å². The number of nitrogens with one attached hydrogen (secondary N) is 1. The molecule has 40 heavy (non-hydrogen) atoms. The van der Waals surface area contributed by atoms with Crippen LogP contribution in [-0.4, -0.2) is 76.8 Å². The van der Waals surface area contributed by atoms with Crippen molar-refractivity contribution in [3.63, 3.8) is 0 Å². The lowest BCUT2D eigenvalue weighted by atomic mass is 10.0. The van der Waals surface area contributed by atoms with Gasteiger partial charge in [0.25, 0.3) is 5.88 Å². The van der Waals surface area contributed by atoms with E-state index in [0.29, 0.717) is 25.5 Å². The van der Waals surface area contributed by atoms with Crippen molar-refractivity contribution in [1.29, 1.82) is 0 Å². The summed E-state index contributed by atoms with van der Waals surface area (Å²) in [5.74, 6) is 0.472. The third kappa shape index (κ3) is 13.4. The molecule has 0 aliphatic carbocycles. The molecular formula is C30H53N4O5S+. The quantitative estimate of drug-likeness (QED) is 0.120. The van der Waals surface area contributed by atoms with Crippen molar-refractivity contribution in [2.75, 3.05) is 39.8 Å². The Balaban J connectivity index is 1.79. The molecule has 0 fully saturated rings. The summed E-state index contributed by atoms with van der Waals surface area (Å²) in [5, 5.41) is 2.89. The van der Waals surface area contributed by atoms with Gasteiger partial charge >= 0.3 is 12.1 Å². The highest BCUT2D eigenvalue weighted by Gasteiger charge is 2.33. The molecule has 2 unspecified atom stereocenters. The Hall–Kier alpha value is -2.20. The lowest BCUT2D eigenvalue weighted by Crippen LogP contribution is -2.52. The molecule has 9 nitrogen and oxygen atoms in total. The maximum atomic E-state index is 12.6. The molecule has 1 aliphatic rings. The first-order chi connectivity index (χ1) is 19.0. The first-order valence-electron chi connectivity index (χ1n) is 15.2. The van der Waals surface area contributed by atoms with Crippen molar-refractivity contribution < 1.29 is 28.3 Å². The number of ether oxygens (including phenoxy) is 3. The molecule has 1 aromatic heterocycles. The Labute approximate surface area is 245 Å². The van der Waals surface area contributed by atoms with Crippen LogP contribution < -0.4 is 10.1 Å². The molecule has 0 spiro atoms. The number of amides is 1. The van der Waals surface area contributed by atoms with Gasteiger partial charge in [-0.2, -0.15) is 4.37 Å². The van der Waals surface area contributed by atoms with Crippen molar-refractivity contribution in [1.82, 2.24) is 14.1 Å². The SMILES string of the molecule is CCCCCCOc1nsnc1C1=CCC[N+](C)(CC(CCC)OC(=O)NCCCCCC(=O)OC(C)(C)C)C1. The Bertz CT molecular complexity index is 929. The minimum absolute atomic E-state index is 0.163. The summed E-state index contributed by atoms with van der Waals surface area (Å²) in [6.07, 6.45) is 11.8. The predicted octanol–water partition coefficient (Wildman–Crippen LogP) is 6.53. The van der Waals surface area contributed by atoms with Gasteiger partial charge in [0.05, 0.1) is 31.9 Å². The van der Waals surface area contributed by atoms with Crippen LogP contribution in [-0.2, 0) is 14.3 Å². The van der Waals surface area contributed by atoms with Crippen LogP contribution in [0, 0.1) is 0 Å². The van der Waals surface area contributed by atoms with E-state index in [1.54, 1.807) is 0 Å². The summed E-state index contributed by atoms with van der Waals surface area (Å²) in [6.45, 7) is 13.7. The summed E-state index contributed by atoms with van der Waals surface area (Å²) in [4.78, 5) is 24.4. The average molecular weight is 582 g/mol. The van der Waals surface area contributed by atoms with Gasteiger partial charge in [0, 0.05) is 25.0 Å². The van der Waals surface area contributed by atoms with E-state index in [1.165, 1.54) is 31.0 Å². The zero-order valence-electron chi connectivity index (χ0n) is 25.8. The maximum Gasteiger partial charge on any atom is 0.407 e. The van der Waals surface area contributed by atoms with Gasteiger partial charge in [-0.15, -0.1) is 4.37 Å². The fourth-order valence-electron chi connectivity index (χ4n) is 4.95. The van der Waals surface area contributed by atoms with E-state index < -0.39 is 5.60 Å². The number of unbranched alkanes of at least 4 members (excludes halogenated alkanes) is 5. The Morgan fingerprint density at radius 2 is 1.85 bits per heavy atom. The number of rotatable bonds is 18. The molecule has 10 heteroatoms. The van der Waals surface area contributed by atoms with Gasteiger partial charge in [-0.1, -0.05) is 52.0 Å². The number of quaternary nitrogens is 1. The van der Waals surface area contributed by atoms with E-state index in [2.05, 4.69) is 41.0 Å². The van der Waals surface area contributed by atoms with Gasteiger partial charge in [-0.05, 0) is 46.5 Å². The lowest BCUT2D eigenvalue weighted by Gasteiger charge is -2.39. The largest absolute Gasteiger partial charge is 0.475 e. The number of esters is 1. The smallest absolute Gasteiger partial charge is 0.407 e. The first kappa shape index (κ1) is 34.0. The minimum atomic E-state index is -0.453. The first-order valence-corrected chi connectivity index (χ1v) is 15.9. The lowest BCUT2D eigenvalue weighted by molar-refractivity contribution is -0.906. The molecule has 1 aliphatic heterocycles. The van der Waals surface area contributed by atoms with Crippen LogP contribution in [0.25, 0.3) is 5.57 Å². The van der Waals surface area contributed by atoms with Crippen LogP contribution in [0.3, 0.4) is 0 Å². The van der Waals surface area contributed by atoms with Crippen molar-refractivity contribution in [3.05, 3.63) is 11.8 Å². The van der Waals surface area contributed by atoms with E-state index >= 15 is 0 Å². The number of alkyl carbamates (subject to hydrolysis) is 1. The van der Waals surface area contributed by atoms with Gasteiger partial charge in [-0.25, -0.2) is 4.79 Å². The van der Waals surface area contributed by atoms with Crippen LogP contribution in [0.2, 0.25) is 0 Å². The highest BCUT2D eigenvalue weighted by Crippen LogP contribution is 2.30. The normalized spacial score (nSPS) is 18.1. The van der Waals surface area contributed by atoms with E-state index in [4.69, 9.17) is 14.2 Å². The van der Waals surface area contributed by atoms with E-state index in [0.717, 1.165) is 80.3 Å². The fraction of sp³-hybridized carbons (Fsp3) is 0.800. The summed E-state index contributed by atoms with van der Waals surface area (Å²) in [5.41, 5.74) is 1.57. The summed E-state index contributed by atoms with van der Waals surface area (Å²) in [7, 11) is 2.23. The number of aromatic nitrogens is 2. The Morgan fingerprint density at radius 3 is 2.58 bits per heavy atom. The molecule has 1 amide bonds. The average Bonchev–Trinajstić information content (AvgIpc) is 3.33. The van der Waals surface area contributed by atoms with E-state index in [1.807, 2.05) is 20.8 Å². The van der Waals surface area contributed by atoms with Gasteiger partial charge in [0.15, 0.2) is 6.10 Å². The maximum absolute atomic E-state index is 12.6. The zero-order chi connectivity index (χ0) is 29.4. The summed E-state index contributed by atoms with van der Waals surface area (Å²) in [6, 6.07) is 0. The topological polar surface area (TPSA) is 99.6 Å². The van der Waals surface area contributed by atoms with Crippen molar-refractivity contribution in [2.45, 2.75) is 117 Å².